The van der Waals surface area contributed by atoms with E-state index in [1.165, 1.54) is 12.1 Å². The molecule has 0 saturated heterocycles. The van der Waals surface area contributed by atoms with Gasteiger partial charge in [0.2, 0.25) is 5.78 Å². The van der Waals surface area contributed by atoms with E-state index in [0.717, 1.165) is 34.2 Å². The molecular weight excluding hydrogens is 458 g/mol. The number of aromatic hydroxyl groups is 2. The van der Waals surface area contributed by atoms with Crippen LogP contribution in [-0.2, 0) is 11.2 Å². The summed E-state index contributed by atoms with van der Waals surface area (Å²) < 4.78 is 10.7. The molecule has 0 unspecified atom stereocenters. The number of allylic oxidation sites excluding steroid dienone is 1. The van der Waals surface area contributed by atoms with Crippen LogP contribution in [-0.4, -0.2) is 40.7 Å². The first-order valence-electron chi connectivity index (χ1n) is 11.4. The van der Waals surface area contributed by atoms with Gasteiger partial charge in [0.1, 0.15) is 17.2 Å². The van der Waals surface area contributed by atoms with Gasteiger partial charge >= 0.3 is 5.97 Å². The number of pyridine rings is 1. The van der Waals surface area contributed by atoms with Crippen LogP contribution in [0, 0.1) is 0 Å². The molecule has 0 bridgehead atoms. The molecule has 1 aliphatic carbocycles. The van der Waals surface area contributed by atoms with Crippen molar-refractivity contribution in [3.63, 3.8) is 0 Å². The van der Waals surface area contributed by atoms with Crippen molar-refractivity contribution >= 4 is 34.3 Å². The lowest BCUT2D eigenvalue weighted by Crippen LogP contribution is -2.16. The van der Waals surface area contributed by atoms with Gasteiger partial charge in [0, 0.05) is 11.5 Å². The van der Waals surface area contributed by atoms with E-state index in [-0.39, 0.29) is 17.1 Å². The monoisotopic (exact) mass is 481 g/mol. The molecule has 0 atom stereocenters. The number of rotatable bonds is 6. The van der Waals surface area contributed by atoms with Crippen LogP contribution in [0.2, 0.25) is 0 Å². The Bertz CT molecular complexity index is 1520. The van der Waals surface area contributed by atoms with Gasteiger partial charge in [-0.2, -0.15) is 0 Å². The molecule has 7 nitrogen and oxygen atoms in total. The third-order valence-corrected chi connectivity index (χ3v) is 6.22. The van der Waals surface area contributed by atoms with Crippen molar-refractivity contribution in [1.82, 2.24) is 4.98 Å². The summed E-state index contributed by atoms with van der Waals surface area (Å²) in [6.07, 6.45) is 3.39. The number of ether oxygens (including phenoxy) is 2. The van der Waals surface area contributed by atoms with Gasteiger partial charge in [-0.15, -0.1) is 0 Å². The fourth-order valence-electron chi connectivity index (χ4n) is 4.45. The fourth-order valence-corrected chi connectivity index (χ4v) is 4.45. The Morgan fingerprint density at radius 1 is 1.00 bits per heavy atom. The van der Waals surface area contributed by atoms with Crippen molar-refractivity contribution in [2.75, 3.05) is 13.7 Å². The molecule has 0 spiro atoms. The van der Waals surface area contributed by atoms with E-state index in [1.54, 1.807) is 7.11 Å². The van der Waals surface area contributed by atoms with Crippen molar-refractivity contribution in [1.29, 1.82) is 0 Å². The van der Waals surface area contributed by atoms with Gasteiger partial charge < -0.3 is 19.7 Å². The first-order valence-corrected chi connectivity index (χ1v) is 11.4. The van der Waals surface area contributed by atoms with Gasteiger partial charge in [-0.1, -0.05) is 30.3 Å². The molecule has 2 N–H and O–H groups in total. The number of benzene rings is 3. The quantitative estimate of drug-likeness (QED) is 0.289. The average molecular weight is 482 g/mol. The normalized spacial score (nSPS) is 13.5. The van der Waals surface area contributed by atoms with E-state index < -0.39 is 18.4 Å². The molecule has 5 rings (SSSR count). The molecule has 1 aromatic heterocycles. The topological polar surface area (TPSA) is 106 Å². The Morgan fingerprint density at radius 2 is 1.78 bits per heavy atom. The second-order valence-corrected chi connectivity index (χ2v) is 8.47. The number of hydrogen-bond donors (Lipinski definition) is 2. The number of phenols is 2. The summed E-state index contributed by atoms with van der Waals surface area (Å²) in [4.78, 5) is 30.7. The molecule has 0 amide bonds. The van der Waals surface area contributed by atoms with Gasteiger partial charge in [0.05, 0.1) is 29.4 Å². The number of carbonyl (C=O) groups is 2. The molecule has 3 aromatic carbocycles. The highest BCUT2D eigenvalue weighted by molar-refractivity contribution is 6.08. The van der Waals surface area contributed by atoms with E-state index in [9.17, 15) is 19.8 Å². The third kappa shape index (κ3) is 4.38. The maximum Gasteiger partial charge on any atom is 0.339 e. The lowest BCUT2D eigenvalue weighted by atomic mass is 10.0. The Balaban J connectivity index is 1.47. The van der Waals surface area contributed by atoms with Gasteiger partial charge in [-0.25, -0.2) is 9.78 Å². The molecule has 0 radical (unpaired) electrons. The molecule has 0 saturated carbocycles. The summed E-state index contributed by atoms with van der Waals surface area (Å²) in [5.74, 6) is -0.968. The summed E-state index contributed by atoms with van der Waals surface area (Å²) >= 11 is 0. The first-order chi connectivity index (χ1) is 17.4. The van der Waals surface area contributed by atoms with Crippen LogP contribution >= 0.6 is 0 Å². The van der Waals surface area contributed by atoms with Crippen LogP contribution in [0.1, 0.15) is 44.0 Å². The van der Waals surface area contributed by atoms with Gasteiger partial charge in [-0.3, -0.25) is 4.79 Å². The van der Waals surface area contributed by atoms with Gasteiger partial charge in [0.15, 0.2) is 6.61 Å². The minimum absolute atomic E-state index is 0.0323. The molecule has 0 aliphatic heterocycles. The van der Waals surface area contributed by atoms with Crippen LogP contribution < -0.4 is 4.74 Å². The van der Waals surface area contributed by atoms with Gasteiger partial charge in [-0.05, 0) is 65.9 Å². The van der Waals surface area contributed by atoms with Crippen molar-refractivity contribution in [2.45, 2.75) is 12.8 Å². The summed E-state index contributed by atoms with van der Waals surface area (Å²) in [5.41, 5.74) is 4.58. The zero-order valence-electron chi connectivity index (χ0n) is 19.5. The molecule has 36 heavy (non-hydrogen) atoms. The molecular formula is C29H23NO6. The molecule has 1 heterocycles. The minimum atomic E-state index is -0.623. The van der Waals surface area contributed by atoms with Crippen molar-refractivity contribution in [3.8, 4) is 17.2 Å². The average Bonchev–Trinajstić information content (AvgIpc) is 3.28. The summed E-state index contributed by atoms with van der Waals surface area (Å²) in [6.45, 7) is -0.545. The number of carbonyl (C=O) groups excluding carboxylic acids is 2. The summed E-state index contributed by atoms with van der Waals surface area (Å²) in [5, 5.41) is 20.0. The predicted octanol–water partition coefficient (Wildman–Crippen LogP) is 5.18. The smallest absolute Gasteiger partial charge is 0.339 e. The number of Topliss-reactive ketones (excluding diaryl/α,β-unsaturated/α-hetero) is 1. The maximum atomic E-state index is 13.3. The number of esters is 1. The zero-order valence-corrected chi connectivity index (χ0v) is 19.5. The van der Waals surface area contributed by atoms with E-state index >= 15 is 0 Å². The molecule has 4 aromatic rings. The second kappa shape index (κ2) is 9.54. The Kier molecular flexibility index (Phi) is 6.12. The highest BCUT2D eigenvalue weighted by Gasteiger charge is 2.28. The standard InChI is InChI=1S/C29H23NO6/c1-35-20-10-6-17(7-11-20)14-18-8-12-23-27(21-4-2-3-5-24(21)30-28(18)23)29(34)36-16-26(33)22-13-9-19(31)15-25(22)32/h2-7,9-11,13-15,31-32H,8,12,16H2,1H3/b18-14+. The van der Waals surface area contributed by atoms with Crippen LogP contribution in [0.15, 0.2) is 66.7 Å². The van der Waals surface area contributed by atoms with Crippen LogP contribution in [0.25, 0.3) is 22.6 Å². The maximum absolute atomic E-state index is 13.3. The zero-order chi connectivity index (χ0) is 25.2. The Hall–Kier alpha value is -4.65. The number of phenolic OH excluding ortho intramolecular Hbond substituents is 2. The number of fused-ring (bicyclic) bond motifs is 2. The largest absolute Gasteiger partial charge is 0.508 e. The van der Waals surface area contributed by atoms with Crippen LogP contribution in [0.5, 0.6) is 17.2 Å². The number of hydrogen-bond acceptors (Lipinski definition) is 7. The fraction of sp³-hybridized carbons (Fsp3) is 0.138. The van der Waals surface area contributed by atoms with Crippen molar-refractivity contribution < 1.29 is 29.3 Å². The first kappa shape index (κ1) is 23.1. The SMILES string of the molecule is COc1ccc(/C=C2\CCc3c2nc2ccccc2c3C(=O)OCC(=O)c2ccc(O)cc2O)cc1. The van der Waals surface area contributed by atoms with E-state index in [4.69, 9.17) is 14.5 Å². The van der Waals surface area contributed by atoms with Crippen molar-refractivity contribution in [2.24, 2.45) is 0 Å². The molecule has 7 heteroatoms. The lowest BCUT2D eigenvalue weighted by Gasteiger charge is -2.12. The van der Waals surface area contributed by atoms with E-state index in [0.29, 0.717) is 29.3 Å². The van der Waals surface area contributed by atoms with Crippen LogP contribution in [0.4, 0.5) is 0 Å². The Labute approximate surface area is 207 Å². The molecule has 1 aliphatic rings. The minimum Gasteiger partial charge on any atom is -0.508 e. The van der Waals surface area contributed by atoms with Crippen molar-refractivity contribution in [3.05, 3.63) is 94.7 Å². The number of aromatic nitrogens is 1. The molecule has 0 fully saturated rings. The number of nitrogens with zero attached hydrogens (tertiary/aromatic N) is 1. The van der Waals surface area contributed by atoms with Crippen LogP contribution in [0.3, 0.4) is 0 Å². The third-order valence-electron chi connectivity index (χ3n) is 6.22. The number of para-hydroxylation sites is 1. The number of methoxy groups -OCH3 is 1. The van der Waals surface area contributed by atoms with Gasteiger partial charge in [0.25, 0.3) is 0 Å². The summed E-state index contributed by atoms with van der Waals surface area (Å²) in [7, 11) is 1.62. The highest BCUT2D eigenvalue weighted by atomic mass is 16.5. The highest BCUT2D eigenvalue weighted by Crippen LogP contribution is 2.38. The number of ketones is 1. The predicted molar refractivity (Wildman–Crippen MR) is 135 cm³/mol. The summed E-state index contributed by atoms with van der Waals surface area (Å²) in [6, 6.07) is 18.7. The van der Waals surface area contributed by atoms with E-state index in [1.807, 2.05) is 48.5 Å². The second-order valence-electron chi connectivity index (χ2n) is 8.47. The lowest BCUT2D eigenvalue weighted by molar-refractivity contribution is 0.0474. The Morgan fingerprint density at radius 3 is 2.53 bits per heavy atom. The molecule has 180 valence electrons. The van der Waals surface area contributed by atoms with E-state index in [2.05, 4.69) is 6.08 Å².